The van der Waals surface area contributed by atoms with Gasteiger partial charge in [-0.3, -0.25) is 9.78 Å². The number of nitrogens with zero attached hydrogens (tertiary/aromatic N) is 3. The zero-order valence-corrected chi connectivity index (χ0v) is 16.6. The van der Waals surface area contributed by atoms with Crippen molar-refractivity contribution in [1.82, 2.24) is 15.0 Å². The van der Waals surface area contributed by atoms with Crippen molar-refractivity contribution in [3.8, 4) is 0 Å². The fourth-order valence-electron chi connectivity index (χ4n) is 3.99. The van der Waals surface area contributed by atoms with Crippen molar-refractivity contribution >= 4 is 29.2 Å². The first kappa shape index (κ1) is 18.0. The highest BCUT2D eigenvalue weighted by Gasteiger charge is 2.42. The predicted octanol–water partition coefficient (Wildman–Crippen LogP) is 3.77. The quantitative estimate of drug-likeness (QED) is 0.617. The molecule has 140 valence electrons. The maximum Gasteiger partial charge on any atom is 0.191 e. The summed E-state index contributed by atoms with van der Waals surface area (Å²) in [5.41, 5.74) is 9.71. The summed E-state index contributed by atoms with van der Waals surface area (Å²) in [7, 11) is 0. The van der Waals surface area contributed by atoms with Crippen molar-refractivity contribution < 1.29 is 4.79 Å². The normalized spacial score (nSPS) is 20.7. The molecule has 27 heavy (non-hydrogen) atoms. The standard InChI is InChI=1S/C20H23N5OS/c1-4-27-19-24-17(21)16-14(11-6-5-7-22-10-11)15-12(23-18(16)25-19)8-20(2,3)9-13(15)26/h5-7,10,14H,4,8-9H2,1-3H3,(H3,21,23,24,25)/t14-/m0/s1. The number of hydrogen-bond donors (Lipinski definition) is 2. The minimum Gasteiger partial charge on any atom is -0.383 e. The zero-order chi connectivity index (χ0) is 19.2. The van der Waals surface area contributed by atoms with Gasteiger partial charge in [0.15, 0.2) is 10.9 Å². The lowest BCUT2D eigenvalue weighted by Crippen LogP contribution is -2.34. The Morgan fingerprint density at radius 1 is 1.33 bits per heavy atom. The Balaban J connectivity index is 1.93. The SMILES string of the molecule is CCSc1nc(N)c2c(n1)NC1=C(C(=O)CC(C)(C)C1)[C@@H]2c1cccnc1. The average Bonchev–Trinajstić information content (AvgIpc) is 2.60. The molecule has 1 aliphatic carbocycles. The summed E-state index contributed by atoms with van der Waals surface area (Å²) in [6.07, 6.45) is 4.84. The minimum atomic E-state index is -0.283. The number of ketones is 1. The number of rotatable bonds is 3. The van der Waals surface area contributed by atoms with Gasteiger partial charge in [0.05, 0.1) is 0 Å². The summed E-state index contributed by atoms with van der Waals surface area (Å²) in [5, 5.41) is 4.07. The number of fused-ring (bicyclic) bond motifs is 1. The van der Waals surface area contributed by atoms with Crippen LogP contribution >= 0.6 is 11.8 Å². The molecule has 2 aromatic heterocycles. The van der Waals surface area contributed by atoms with E-state index in [1.165, 1.54) is 0 Å². The average molecular weight is 382 g/mol. The highest BCUT2D eigenvalue weighted by atomic mass is 32.2. The second-order valence-corrected chi connectivity index (χ2v) is 9.00. The van der Waals surface area contributed by atoms with Crippen LogP contribution in [-0.4, -0.2) is 26.5 Å². The van der Waals surface area contributed by atoms with E-state index in [-0.39, 0.29) is 17.1 Å². The molecule has 2 aromatic rings. The number of carbonyl (C=O) groups is 1. The van der Waals surface area contributed by atoms with Crippen LogP contribution in [0.2, 0.25) is 0 Å². The first-order valence-electron chi connectivity index (χ1n) is 9.13. The first-order chi connectivity index (χ1) is 12.9. The van der Waals surface area contributed by atoms with Crippen LogP contribution in [0.1, 0.15) is 50.7 Å². The van der Waals surface area contributed by atoms with Crippen molar-refractivity contribution in [2.75, 3.05) is 16.8 Å². The summed E-state index contributed by atoms with van der Waals surface area (Å²) >= 11 is 1.55. The molecule has 3 heterocycles. The Labute approximate surface area is 163 Å². The number of nitrogens with two attached hydrogens (primary N) is 1. The van der Waals surface area contributed by atoms with Gasteiger partial charge in [-0.1, -0.05) is 38.6 Å². The molecular weight excluding hydrogens is 358 g/mol. The molecule has 3 N–H and O–H groups in total. The number of anilines is 2. The monoisotopic (exact) mass is 381 g/mol. The van der Waals surface area contributed by atoms with Crippen molar-refractivity contribution in [2.45, 2.75) is 44.7 Å². The van der Waals surface area contributed by atoms with E-state index in [9.17, 15) is 4.79 Å². The van der Waals surface area contributed by atoms with E-state index in [1.54, 1.807) is 24.2 Å². The molecule has 0 saturated carbocycles. The molecule has 1 atom stereocenters. The minimum absolute atomic E-state index is 0.0838. The molecule has 0 spiro atoms. The Morgan fingerprint density at radius 3 is 2.85 bits per heavy atom. The van der Waals surface area contributed by atoms with Crippen LogP contribution in [0.15, 0.2) is 41.0 Å². The summed E-state index contributed by atoms with van der Waals surface area (Å²) in [6, 6.07) is 3.87. The molecule has 6 nitrogen and oxygen atoms in total. The topological polar surface area (TPSA) is 93.8 Å². The Kier molecular flexibility index (Phi) is 4.42. The highest BCUT2D eigenvalue weighted by Crippen LogP contribution is 2.49. The van der Waals surface area contributed by atoms with Gasteiger partial charge in [-0.15, -0.1) is 0 Å². The van der Waals surface area contributed by atoms with E-state index in [2.05, 4.69) is 36.1 Å². The van der Waals surface area contributed by atoms with Crippen LogP contribution in [0.25, 0.3) is 0 Å². The number of nitrogens with one attached hydrogen (secondary N) is 1. The van der Waals surface area contributed by atoms with Gasteiger partial charge in [0, 0.05) is 41.6 Å². The third-order valence-corrected chi connectivity index (χ3v) is 5.74. The van der Waals surface area contributed by atoms with Crippen molar-refractivity contribution in [3.63, 3.8) is 0 Å². The number of nitrogen functional groups attached to an aromatic ring is 1. The molecule has 0 amide bonds. The fourth-order valence-corrected chi connectivity index (χ4v) is 4.56. The predicted molar refractivity (Wildman–Crippen MR) is 108 cm³/mol. The smallest absolute Gasteiger partial charge is 0.191 e. The van der Waals surface area contributed by atoms with Crippen LogP contribution in [0, 0.1) is 5.41 Å². The lowest BCUT2D eigenvalue weighted by molar-refractivity contribution is -0.118. The van der Waals surface area contributed by atoms with Gasteiger partial charge in [0.25, 0.3) is 0 Å². The zero-order valence-electron chi connectivity index (χ0n) is 15.7. The van der Waals surface area contributed by atoms with Gasteiger partial charge in [-0.05, 0) is 29.2 Å². The van der Waals surface area contributed by atoms with Crippen LogP contribution in [0.5, 0.6) is 0 Å². The number of hydrogen-bond acceptors (Lipinski definition) is 7. The molecule has 0 bridgehead atoms. The number of Topliss-reactive ketones (excluding diaryl/α,β-unsaturated/α-hetero) is 1. The van der Waals surface area contributed by atoms with Crippen LogP contribution in [0.3, 0.4) is 0 Å². The number of thioether (sulfide) groups is 1. The van der Waals surface area contributed by atoms with Gasteiger partial charge in [0.1, 0.15) is 11.6 Å². The molecule has 0 aromatic carbocycles. The molecule has 0 radical (unpaired) electrons. The Bertz CT molecular complexity index is 939. The number of carbonyl (C=O) groups excluding carboxylic acids is 1. The second-order valence-electron chi connectivity index (χ2n) is 7.76. The van der Waals surface area contributed by atoms with E-state index >= 15 is 0 Å². The van der Waals surface area contributed by atoms with E-state index in [0.717, 1.165) is 34.6 Å². The third-order valence-electron chi connectivity index (χ3n) is 5.01. The van der Waals surface area contributed by atoms with Gasteiger partial charge >= 0.3 is 0 Å². The maximum absolute atomic E-state index is 13.1. The summed E-state index contributed by atoms with van der Waals surface area (Å²) in [5.74, 6) is 1.86. The Hall–Kier alpha value is -2.41. The Morgan fingerprint density at radius 2 is 2.15 bits per heavy atom. The van der Waals surface area contributed by atoms with E-state index in [1.807, 2.05) is 12.1 Å². The molecule has 1 aliphatic heterocycles. The number of aromatic nitrogens is 3. The largest absolute Gasteiger partial charge is 0.383 e. The summed E-state index contributed by atoms with van der Waals surface area (Å²) in [6.45, 7) is 6.30. The van der Waals surface area contributed by atoms with Crippen LogP contribution in [-0.2, 0) is 4.79 Å². The van der Waals surface area contributed by atoms with Crippen LogP contribution in [0.4, 0.5) is 11.6 Å². The van der Waals surface area contributed by atoms with E-state index < -0.39 is 0 Å². The summed E-state index contributed by atoms with van der Waals surface area (Å²) in [4.78, 5) is 26.6. The van der Waals surface area contributed by atoms with Crippen molar-refractivity contribution in [3.05, 3.63) is 46.9 Å². The van der Waals surface area contributed by atoms with E-state index in [0.29, 0.717) is 23.2 Å². The molecule has 0 saturated heterocycles. The van der Waals surface area contributed by atoms with Crippen LogP contribution < -0.4 is 11.1 Å². The highest BCUT2D eigenvalue weighted by molar-refractivity contribution is 7.99. The van der Waals surface area contributed by atoms with Gasteiger partial charge in [0.2, 0.25) is 0 Å². The third kappa shape index (κ3) is 3.20. The lowest BCUT2D eigenvalue weighted by atomic mass is 9.69. The molecule has 2 aliphatic rings. The van der Waals surface area contributed by atoms with Gasteiger partial charge in [-0.25, -0.2) is 9.97 Å². The lowest BCUT2D eigenvalue weighted by Gasteiger charge is -2.39. The van der Waals surface area contributed by atoms with E-state index in [4.69, 9.17) is 10.7 Å². The molecule has 7 heteroatoms. The maximum atomic E-state index is 13.1. The second kappa shape index (κ2) is 6.64. The summed E-state index contributed by atoms with van der Waals surface area (Å²) < 4.78 is 0. The molecule has 4 rings (SSSR count). The molecular formula is C20H23N5OS. The first-order valence-corrected chi connectivity index (χ1v) is 10.1. The fraction of sp³-hybridized carbons (Fsp3) is 0.400. The molecule has 0 fully saturated rings. The molecule has 0 unspecified atom stereocenters. The van der Waals surface area contributed by atoms with Crippen molar-refractivity contribution in [1.29, 1.82) is 0 Å². The van der Waals surface area contributed by atoms with Crippen molar-refractivity contribution in [2.24, 2.45) is 5.41 Å². The van der Waals surface area contributed by atoms with Gasteiger partial charge < -0.3 is 11.1 Å². The number of pyridine rings is 1. The number of allylic oxidation sites excluding steroid dienone is 2. The van der Waals surface area contributed by atoms with Gasteiger partial charge in [-0.2, -0.15) is 0 Å².